The zero-order chi connectivity index (χ0) is 14.4. The van der Waals surface area contributed by atoms with Crippen molar-refractivity contribution in [2.24, 2.45) is 0 Å². The maximum absolute atomic E-state index is 11.1. The zero-order valence-corrected chi connectivity index (χ0v) is 13.9. The smallest absolute Gasteiger partial charge is 0.230 e. The van der Waals surface area contributed by atoms with Crippen LogP contribution in [0.1, 0.15) is 18.2 Å². The molecule has 110 valence electrons. The van der Waals surface area contributed by atoms with Gasteiger partial charge in [-0.25, -0.2) is 0 Å². The SMILES string of the molecule is COc1nc(N(C)C)sc1CNC(C)CCS(C)=O. The summed E-state index contributed by atoms with van der Waals surface area (Å²) in [5.74, 6) is 1.42. The molecule has 5 nitrogen and oxygen atoms in total. The van der Waals surface area contributed by atoms with Crippen LogP contribution in [0.4, 0.5) is 5.13 Å². The molecule has 0 saturated heterocycles. The van der Waals surface area contributed by atoms with Crippen molar-refractivity contribution < 1.29 is 8.95 Å². The van der Waals surface area contributed by atoms with Gasteiger partial charge in [-0.15, -0.1) is 0 Å². The topological polar surface area (TPSA) is 54.5 Å². The van der Waals surface area contributed by atoms with E-state index in [0.29, 0.717) is 11.9 Å². The third-order valence-electron chi connectivity index (χ3n) is 2.68. The second kappa shape index (κ2) is 7.81. The van der Waals surface area contributed by atoms with Crippen LogP contribution in [0.2, 0.25) is 0 Å². The maximum Gasteiger partial charge on any atom is 0.230 e. The average molecular weight is 305 g/mol. The third kappa shape index (κ3) is 5.46. The summed E-state index contributed by atoms with van der Waals surface area (Å²) in [6, 6.07) is 0.332. The van der Waals surface area contributed by atoms with E-state index in [4.69, 9.17) is 4.74 Å². The Labute approximate surface area is 121 Å². The quantitative estimate of drug-likeness (QED) is 0.788. The summed E-state index contributed by atoms with van der Waals surface area (Å²) in [5.41, 5.74) is 0. The van der Waals surface area contributed by atoms with E-state index in [1.54, 1.807) is 24.7 Å². The van der Waals surface area contributed by atoms with Crippen LogP contribution in [0.25, 0.3) is 0 Å². The maximum atomic E-state index is 11.1. The van der Waals surface area contributed by atoms with Crippen LogP contribution in [0, 0.1) is 0 Å². The predicted octanol–water partition coefficient (Wildman–Crippen LogP) is 1.46. The number of methoxy groups -OCH3 is 1. The first-order chi connectivity index (χ1) is 8.93. The molecule has 0 amide bonds. The number of hydrogen-bond donors (Lipinski definition) is 1. The zero-order valence-electron chi connectivity index (χ0n) is 12.2. The Morgan fingerprint density at radius 1 is 1.53 bits per heavy atom. The fraction of sp³-hybridized carbons (Fsp3) is 0.750. The molecule has 19 heavy (non-hydrogen) atoms. The summed E-state index contributed by atoms with van der Waals surface area (Å²) >= 11 is 1.63. The van der Waals surface area contributed by atoms with Gasteiger partial charge in [0, 0.05) is 49.5 Å². The molecule has 2 atom stereocenters. The number of hydrogen-bond acceptors (Lipinski definition) is 6. The van der Waals surface area contributed by atoms with Crippen LogP contribution in [0.3, 0.4) is 0 Å². The Morgan fingerprint density at radius 3 is 2.74 bits per heavy atom. The predicted molar refractivity (Wildman–Crippen MR) is 82.8 cm³/mol. The summed E-state index contributed by atoms with van der Waals surface area (Å²) in [7, 11) is 4.85. The Bertz CT molecular complexity index is 421. The van der Waals surface area contributed by atoms with Gasteiger partial charge in [0.1, 0.15) is 0 Å². The van der Waals surface area contributed by atoms with Gasteiger partial charge >= 0.3 is 0 Å². The first-order valence-corrected chi connectivity index (χ1v) is 8.72. The molecule has 0 fully saturated rings. The van der Waals surface area contributed by atoms with Gasteiger partial charge in [0.15, 0.2) is 5.13 Å². The van der Waals surface area contributed by atoms with Crippen molar-refractivity contribution in [2.45, 2.75) is 25.9 Å². The largest absolute Gasteiger partial charge is 0.480 e. The number of nitrogens with zero attached hydrogens (tertiary/aromatic N) is 2. The lowest BCUT2D eigenvalue weighted by atomic mass is 10.2. The second-order valence-electron chi connectivity index (χ2n) is 4.67. The van der Waals surface area contributed by atoms with Crippen molar-refractivity contribution >= 4 is 27.3 Å². The molecule has 1 aromatic rings. The van der Waals surface area contributed by atoms with E-state index < -0.39 is 10.8 Å². The normalized spacial score (nSPS) is 14.2. The summed E-state index contributed by atoms with van der Waals surface area (Å²) in [4.78, 5) is 7.48. The van der Waals surface area contributed by atoms with Crippen molar-refractivity contribution in [3.8, 4) is 5.88 Å². The average Bonchev–Trinajstić information content (AvgIpc) is 2.77. The van der Waals surface area contributed by atoms with Gasteiger partial charge in [-0.2, -0.15) is 4.98 Å². The molecule has 1 N–H and O–H groups in total. The Kier molecular flexibility index (Phi) is 6.74. The lowest BCUT2D eigenvalue weighted by Gasteiger charge is -2.12. The first-order valence-electron chi connectivity index (χ1n) is 6.18. The molecule has 1 aromatic heterocycles. The minimum absolute atomic E-state index is 0.332. The van der Waals surface area contributed by atoms with E-state index in [1.165, 1.54) is 0 Å². The highest BCUT2D eigenvalue weighted by molar-refractivity contribution is 7.84. The monoisotopic (exact) mass is 305 g/mol. The highest BCUT2D eigenvalue weighted by Crippen LogP contribution is 2.30. The molecule has 0 spiro atoms. The fourth-order valence-electron chi connectivity index (χ4n) is 1.50. The van der Waals surface area contributed by atoms with Crippen molar-refractivity contribution in [3.05, 3.63) is 4.88 Å². The number of anilines is 1. The van der Waals surface area contributed by atoms with Crippen molar-refractivity contribution in [3.63, 3.8) is 0 Å². The Morgan fingerprint density at radius 2 is 2.21 bits per heavy atom. The van der Waals surface area contributed by atoms with Gasteiger partial charge in [-0.3, -0.25) is 4.21 Å². The van der Waals surface area contributed by atoms with Crippen molar-refractivity contribution in [2.75, 3.05) is 38.1 Å². The molecule has 0 radical (unpaired) electrons. The van der Waals surface area contributed by atoms with E-state index in [1.807, 2.05) is 19.0 Å². The first kappa shape index (κ1) is 16.4. The van der Waals surface area contributed by atoms with Crippen LogP contribution in [-0.4, -0.2) is 48.4 Å². The summed E-state index contributed by atoms with van der Waals surface area (Å²) in [6.07, 6.45) is 2.65. The van der Waals surface area contributed by atoms with Crippen molar-refractivity contribution in [1.82, 2.24) is 10.3 Å². The molecule has 0 aliphatic rings. The van der Waals surface area contributed by atoms with E-state index in [9.17, 15) is 4.21 Å². The molecule has 7 heteroatoms. The van der Waals surface area contributed by atoms with Crippen LogP contribution < -0.4 is 15.0 Å². The van der Waals surface area contributed by atoms with E-state index in [-0.39, 0.29) is 0 Å². The van der Waals surface area contributed by atoms with Crippen LogP contribution in [0.15, 0.2) is 0 Å². The molecular formula is C12H23N3O2S2. The number of rotatable bonds is 8. The van der Waals surface area contributed by atoms with Crippen LogP contribution >= 0.6 is 11.3 Å². The summed E-state index contributed by atoms with van der Waals surface area (Å²) in [6.45, 7) is 2.83. The molecular weight excluding hydrogens is 282 g/mol. The van der Waals surface area contributed by atoms with Gasteiger partial charge < -0.3 is 15.0 Å². The Balaban J connectivity index is 2.54. The fourth-order valence-corrected chi connectivity index (χ4v) is 3.09. The van der Waals surface area contributed by atoms with Gasteiger partial charge in [0.2, 0.25) is 5.88 Å². The number of thiazole rings is 1. The number of nitrogens with one attached hydrogen (secondary N) is 1. The molecule has 1 heterocycles. The summed E-state index contributed by atoms with van der Waals surface area (Å²) < 4.78 is 16.3. The lowest BCUT2D eigenvalue weighted by Crippen LogP contribution is -2.26. The number of aromatic nitrogens is 1. The molecule has 1 rings (SSSR count). The molecule has 0 aromatic carbocycles. The highest BCUT2D eigenvalue weighted by atomic mass is 32.2. The summed E-state index contributed by atoms with van der Waals surface area (Å²) in [5, 5.41) is 4.36. The Hall–Kier alpha value is -0.660. The van der Waals surface area contributed by atoms with Crippen LogP contribution in [0.5, 0.6) is 5.88 Å². The standard InChI is InChI=1S/C12H23N3O2S2/c1-9(6-7-19(5)16)13-8-10-11(17-4)14-12(18-10)15(2)3/h9,13H,6-8H2,1-5H3. The van der Waals surface area contributed by atoms with Gasteiger partial charge in [-0.1, -0.05) is 11.3 Å². The highest BCUT2D eigenvalue weighted by Gasteiger charge is 2.13. The lowest BCUT2D eigenvalue weighted by molar-refractivity contribution is 0.393. The van der Waals surface area contributed by atoms with Gasteiger partial charge in [0.05, 0.1) is 12.0 Å². The molecule has 2 unspecified atom stereocenters. The molecule has 0 saturated carbocycles. The van der Waals surface area contributed by atoms with Crippen molar-refractivity contribution in [1.29, 1.82) is 0 Å². The molecule has 0 aliphatic carbocycles. The molecule has 0 aliphatic heterocycles. The van der Waals surface area contributed by atoms with Crippen LogP contribution in [-0.2, 0) is 17.3 Å². The van der Waals surface area contributed by atoms with Gasteiger partial charge in [0.25, 0.3) is 0 Å². The van der Waals surface area contributed by atoms with E-state index >= 15 is 0 Å². The van der Waals surface area contributed by atoms with E-state index in [0.717, 1.165) is 28.7 Å². The third-order valence-corrected chi connectivity index (χ3v) is 4.69. The minimum Gasteiger partial charge on any atom is -0.480 e. The molecule has 0 bridgehead atoms. The second-order valence-corrected chi connectivity index (χ2v) is 7.29. The number of ether oxygens (including phenoxy) is 1. The van der Waals surface area contributed by atoms with Gasteiger partial charge in [-0.05, 0) is 13.3 Å². The minimum atomic E-state index is -0.723. The van der Waals surface area contributed by atoms with E-state index in [2.05, 4.69) is 17.2 Å².